The minimum atomic E-state index is -0.578. The Morgan fingerprint density at radius 3 is 2.61 bits per heavy atom. The van der Waals surface area contributed by atoms with Crippen LogP contribution >= 0.6 is 11.3 Å². The van der Waals surface area contributed by atoms with Gasteiger partial charge in [0.2, 0.25) is 0 Å². The molecule has 0 bridgehead atoms. The summed E-state index contributed by atoms with van der Waals surface area (Å²) in [6.07, 6.45) is 1.19. The van der Waals surface area contributed by atoms with E-state index in [0.717, 1.165) is 27.2 Å². The first-order chi connectivity index (χ1) is 13.7. The number of nitrogens with zero attached hydrogens (tertiary/aromatic N) is 2. The molecule has 0 fully saturated rings. The molecule has 6 heteroatoms. The van der Waals surface area contributed by atoms with Gasteiger partial charge in [-0.05, 0) is 54.8 Å². The van der Waals surface area contributed by atoms with Gasteiger partial charge in [-0.2, -0.15) is 0 Å². The van der Waals surface area contributed by atoms with Crippen LogP contribution in [0, 0.1) is 0 Å². The van der Waals surface area contributed by atoms with Gasteiger partial charge in [0.25, 0.3) is 5.91 Å². The molecule has 140 valence electrons. The van der Waals surface area contributed by atoms with Gasteiger partial charge in [0.05, 0.1) is 29.5 Å². The van der Waals surface area contributed by atoms with Crippen molar-refractivity contribution >= 4 is 28.3 Å². The smallest absolute Gasteiger partial charge is 0.261 e. The molecular weight excluding hydrogens is 370 g/mol. The lowest BCUT2D eigenvalue weighted by Crippen LogP contribution is -2.35. The summed E-state index contributed by atoms with van der Waals surface area (Å²) in [7, 11) is 0. The number of aromatic nitrogens is 2. The second-order valence-electron chi connectivity index (χ2n) is 6.33. The number of hydrogen-bond donors (Lipinski definition) is 1. The summed E-state index contributed by atoms with van der Waals surface area (Å²) in [5.41, 5.74) is 3.47. The number of benzene rings is 2. The fourth-order valence-corrected chi connectivity index (χ4v) is 3.43. The van der Waals surface area contributed by atoms with Crippen LogP contribution in [0.25, 0.3) is 22.3 Å². The van der Waals surface area contributed by atoms with Gasteiger partial charge >= 0.3 is 0 Å². The predicted octanol–water partition coefficient (Wildman–Crippen LogP) is 4.44. The molecule has 0 radical (unpaired) electrons. The van der Waals surface area contributed by atoms with E-state index in [0.29, 0.717) is 12.3 Å². The molecule has 1 amide bonds. The molecule has 2 aromatic carbocycles. The van der Waals surface area contributed by atoms with Crippen molar-refractivity contribution in [3.8, 4) is 17.0 Å². The van der Waals surface area contributed by atoms with Crippen LogP contribution in [0.15, 0.2) is 72.2 Å². The van der Waals surface area contributed by atoms with Crippen molar-refractivity contribution in [2.75, 3.05) is 0 Å². The van der Waals surface area contributed by atoms with Gasteiger partial charge in [0.15, 0.2) is 6.10 Å². The van der Waals surface area contributed by atoms with Crippen LogP contribution < -0.4 is 10.1 Å². The Hall–Kier alpha value is -3.25. The zero-order chi connectivity index (χ0) is 19.3. The monoisotopic (exact) mass is 389 g/mol. The molecule has 0 saturated carbocycles. The number of thiophene rings is 1. The molecule has 0 aliphatic rings. The summed E-state index contributed by atoms with van der Waals surface area (Å²) < 4.78 is 5.76. The van der Waals surface area contributed by atoms with Gasteiger partial charge in [-0.25, -0.2) is 4.98 Å². The molecule has 1 atom stereocenters. The molecule has 2 heterocycles. The van der Waals surface area contributed by atoms with Crippen LogP contribution in [0.4, 0.5) is 0 Å². The Balaban J connectivity index is 1.40. The lowest BCUT2D eigenvalue weighted by Gasteiger charge is -2.14. The lowest BCUT2D eigenvalue weighted by atomic mass is 10.1. The number of rotatable bonds is 6. The van der Waals surface area contributed by atoms with Crippen LogP contribution in [0.5, 0.6) is 5.75 Å². The number of ether oxygens (including phenoxy) is 1. The topological polar surface area (TPSA) is 64.1 Å². The Labute approximate surface area is 167 Å². The van der Waals surface area contributed by atoms with Crippen molar-refractivity contribution in [2.24, 2.45) is 0 Å². The second kappa shape index (κ2) is 8.19. The molecular formula is C22H19N3O2S. The standard InChI is InChI=1S/C22H19N3O2S/c1-15(22(26)24-13-18-5-4-12-28-18)27-17-10-8-16(9-11-17)21-14-23-19-6-2-3-7-20(19)25-21/h2-12,14-15H,13H2,1H3,(H,24,26)/t15-/m1/s1. The average Bonchev–Trinajstić information content (AvgIpc) is 3.26. The zero-order valence-electron chi connectivity index (χ0n) is 15.3. The molecule has 4 aromatic rings. The molecule has 0 aliphatic heterocycles. The highest BCUT2D eigenvalue weighted by Crippen LogP contribution is 2.22. The van der Waals surface area contributed by atoms with Crippen LogP contribution in [-0.2, 0) is 11.3 Å². The summed E-state index contributed by atoms with van der Waals surface area (Å²) in [6, 6.07) is 19.3. The van der Waals surface area contributed by atoms with Crippen LogP contribution in [-0.4, -0.2) is 22.0 Å². The summed E-state index contributed by atoms with van der Waals surface area (Å²) in [5.74, 6) is 0.495. The highest BCUT2D eigenvalue weighted by molar-refractivity contribution is 7.09. The van der Waals surface area contributed by atoms with Crippen LogP contribution in [0.2, 0.25) is 0 Å². The molecule has 0 spiro atoms. The highest BCUT2D eigenvalue weighted by atomic mass is 32.1. The number of amides is 1. The second-order valence-corrected chi connectivity index (χ2v) is 7.36. The first-order valence-electron chi connectivity index (χ1n) is 8.98. The van der Waals surface area contributed by atoms with Gasteiger partial charge in [0.1, 0.15) is 5.75 Å². The number of nitrogens with one attached hydrogen (secondary N) is 1. The maximum Gasteiger partial charge on any atom is 0.261 e. The normalized spacial score (nSPS) is 11.9. The summed E-state index contributed by atoms with van der Waals surface area (Å²) >= 11 is 1.61. The average molecular weight is 389 g/mol. The summed E-state index contributed by atoms with van der Waals surface area (Å²) in [4.78, 5) is 22.4. The number of para-hydroxylation sites is 2. The highest BCUT2D eigenvalue weighted by Gasteiger charge is 2.14. The van der Waals surface area contributed by atoms with Crippen molar-refractivity contribution < 1.29 is 9.53 Å². The maximum atomic E-state index is 12.2. The molecule has 2 aromatic heterocycles. The number of hydrogen-bond acceptors (Lipinski definition) is 5. The SMILES string of the molecule is C[C@@H](Oc1ccc(-c2cnc3ccccc3n2)cc1)C(=O)NCc1cccs1. The van der Waals surface area contributed by atoms with E-state index in [1.165, 1.54) is 0 Å². The molecule has 0 unspecified atom stereocenters. The van der Waals surface area contributed by atoms with E-state index in [4.69, 9.17) is 4.74 Å². The van der Waals surface area contributed by atoms with E-state index >= 15 is 0 Å². The predicted molar refractivity (Wildman–Crippen MR) is 111 cm³/mol. The van der Waals surface area contributed by atoms with Crippen LogP contribution in [0.3, 0.4) is 0 Å². The van der Waals surface area contributed by atoms with Gasteiger partial charge in [0, 0.05) is 10.4 Å². The van der Waals surface area contributed by atoms with Gasteiger partial charge in [-0.3, -0.25) is 9.78 Å². The molecule has 0 aliphatic carbocycles. The molecule has 28 heavy (non-hydrogen) atoms. The van der Waals surface area contributed by atoms with Gasteiger partial charge in [-0.1, -0.05) is 18.2 Å². The third-order valence-corrected chi connectivity index (χ3v) is 5.17. The van der Waals surface area contributed by atoms with E-state index < -0.39 is 6.10 Å². The Bertz CT molecular complexity index is 1080. The van der Waals surface area contributed by atoms with E-state index in [1.807, 2.05) is 66.0 Å². The van der Waals surface area contributed by atoms with Crippen molar-refractivity contribution in [1.29, 1.82) is 0 Å². The van der Waals surface area contributed by atoms with Crippen LogP contribution in [0.1, 0.15) is 11.8 Å². The van der Waals surface area contributed by atoms with E-state index in [1.54, 1.807) is 24.5 Å². The van der Waals surface area contributed by atoms with E-state index in [-0.39, 0.29) is 5.91 Å². The quantitative estimate of drug-likeness (QED) is 0.529. The molecule has 1 N–H and O–H groups in total. The zero-order valence-corrected chi connectivity index (χ0v) is 16.1. The maximum absolute atomic E-state index is 12.2. The Morgan fingerprint density at radius 2 is 1.86 bits per heavy atom. The first-order valence-corrected chi connectivity index (χ1v) is 9.86. The van der Waals surface area contributed by atoms with Crippen molar-refractivity contribution in [2.45, 2.75) is 19.6 Å². The largest absolute Gasteiger partial charge is 0.481 e. The van der Waals surface area contributed by atoms with Crippen molar-refractivity contribution in [3.05, 3.63) is 77.1 Å². The van der Waals surface area contributed by atoms with E-state index in [9.17, 15) is 4.79 Å². The summed E-state index contributed by atoms with van der Waals surface area (Å²) in [6.45, 7) is 2.26. The summed E-state index contributed by atoms with van der Waals surface area (Å²) in [5, 5.41) is 4.88. The van der Waals surface area contributed by atoms with Crippen molar-refractivity contribution in [1.82, 2.24) is 15.3 Å². The molecule has 0 saturated heterocycles. The Morgan fingerprint density at radius 1 is 1.07 bits per heavy atom. The fourth-order valence-electron chi connectivity index (χ4n) is 2.79. The minimum absolute atomic E-state index is 0.141. The van der Waals surface area contributed by atoms with Gasteiger partial charge in [-0.15, -0.1) is 11.3 Å². The molecule has 4 rings (SSSR count). The molecule has 5 nitrogen and oxygen atoms in total. The third-order valence-electron chi connectivity index (χ3n) is 4.30. The van der Waals surface area contributed by atoms with Gasteiger partial charge < -0.3 is 10.1 Å². The number of carbonyl (C=O) groups is 1. The lowest BCUT2D eigenvalue weighted by molar-refractivity contribution is -0.127. The fraction of sp³-hybridized carbons (Fsp3) is 0.136. The Kier molecular flexibility index (Phi) is 5.30. The number of fused-ring (bicyclic) bond motifs is 1. The third kappa shape index (κ3) is 4.18. The first kappa shape index (κ1) is 18.1. The number of carbonyl (C=O) groups excluding carboxylic acids is 1. The minimum Gasteiger partial charge on any atom is -0.481 e. The van der Waals surface area contributed by atoms with E-state index in [2.05, 4.69) is 15.3 Å². The van der Waals surface area contributed by atoms with Crippen molar-refractivity contribution in [3.63, 3.8) is 0 Å².